The van der Waals surface area contributed by atoms with Gasteiger partial charge < -0.3 is 5.53 Å². The van der Waals surface area contributed by atoms with Gasteiger partial charge in [0, 0.05) is 0 Å². The number of nitrogens with zero attached hydrogens (tertiary/aromatic N) is 2. The van der Waals surface area contributed by atoms with Crippen molar-refractivity contribution in [2.45, 2.75) is 68.4 Å². The van der Waals surface area contributed by atoms with Crippen LogP contribution in [0.3, 0.4) is 0 Å². The molecule has 1 saturated carbocycles. The van der Waals surface area contributed by atoms with Gasteiger partial charge in [-0.05, 0) is 43.7 Å². The maximum absolute atomic E-state index is 12.8. The minimum Gasteiger partial charge on any atom is -0.359 e. The summed E-state index contributed by atoms with van der Waals surface area (Å²) < 4.78 is 49.8. The maximum atomic E-state index is 12.8. The predicted octanol–water partition coefficient (Wildman–Crippen LogP) is 3.60. The van der Waals surface area contributed by atoms with Gasteiger partial charge in [0.2, 0.25) is 0 Å². The Labute approximate surface area is 156 Å². The molecule has 1 aromatic rings. The van der Waals surface area contributed by atoms with E-state index in [2.05, 4.69) is 11.7 Å². The molecule has 26 heavy (non-hydrogen) atoms. The van der Waals surface area contributed by atoms with Crippen LogP contribution in [0.4, 0.5) is 0 Å². The molecule has 0 unspecified atom stereocenters. The Morgan fingerprint density at radius 3 is 2.19 bits per heavy atom. The maximum Gasteiger partial charge on any atom is 0.499 e. The summed E-state index contributed by atoms with van der Waals surface area (Å²) in [4.78, 5) is 2.51. The number of hydrogen-bond acceptors (Lipinski definition) is 4. The number of hydrogen-bond donors (Lipinski definition) is 0. The highest BCUT2D eigenvalue weighted by atomic mass is 32.3. The van der Waals surface area contributed by atoms with Crippen LogP contribution in [-0.2, 0) is 19.7 Å². The second kappa shape index (κ2) is 8.93. The van der Waals surface area contributed by atoms with E-state index in [9.17, 15) is 22.4 Å². The van der Waals surface area contributed by atoms with Gasteiger partial charge in [0.25, 0.3) is 19.7 Å². The van der Waals surface area contributed by atoms with Gasteiger partial charge in [0.05, 0.1) is 10.1 Å². The van der Waals surface area contributed by atoms with Crippen molar-refractivity contribution in [3.05, 3.63) is 35.9 Å². The van der Waals surface area contributed by atoms with Crippen LogP contribution in [0.2, 0.25) is 0 Å². The van der Waals surface area contributed by atoms with Crippen LogP contribution in [0.15, 0.2) is 35.2 Å². The van der Waals surface area contributed by atoms with Crippen molar-refractivity contribution in [3.8, 4) is 0 Å². The van der Waals surface area contributed by atoms with Crippen molar-refractivity contribution in [1.82, 2.24) is 0 Å². The monoisotopic (exact) mass is 398 g/mol. The second-order valence-electron chi connectivity index (χ2n) is 6.87. The summed E-state index contributed by atoms with van der Waals surface area (Å²) in [5.41, 5.74) is 9.21. The fourth-order valence-electron chi connectivity index (χ4n) is 3.52. The van der Waals surface area contributed by atoms with Crippen molar-refractivity contribution < 1.29 is 21.6 Å². The summed E-state index contributed by atoms with van der Waals surface area (Å²) in [7, 11) is -8.59. The predicted molar refractivity (Wildman–Crippen MR) is 101 cm³/mol. The first kappa shape index (κ1) is 20.8. The zero-order valence-electron chi connectivity index (χ0n) is 15.0. The van der Waals surface area contributed by atoms with E-state index < -0.39 is 29.3 Å². The molecule has 1 aromatic carbocycles. The highest BCUT2D eigenvalue weighted by Gasteiger charge is 2.47. The Hall–Kier alpha value is -1.50. The number of unbranched alkanes of at least 4 members (excludes halogenated alkanes) is 2. The van der Waals surface area contributed by atoms with Gasteiger partial charge in [-0.15, -0.1) is 4.79 Å². The molecule has 144 valence electrons. The number of benzene rings is 1. The minimum atomic E-state index is -4.38. The number of sulfone groups is 2. The Balaban J connectivity index is 2.15. The van der Waals surface area contributed by atoms with Crippen molar-refractivity contribution in [3.63, 3.8) is 0 Å². The number of rotatable bonds is 6. The summed E-state index contributed by atoms with van der Waals surface area (Å²) in [5.74, 6) is 0.494. The molecule has 6 nitrogen and oxygen atoms in total. The summed E-state index contributed by atoms with van der Waals surface area (Å²) in [6.07, 6.45) is 6.89. The van der Waals surface area contributed by atoms with E-state index in [1.165, 1.54) is 30.7 Å². The van der Waals surface area contributed by atoms with Crippen molar-refractivity contribution in [1.29, 1.82) is 0 Å². The molecular weight excluding hydrogens is 372 g/mol. The van der Waals surface area contributed by atoms with Crippen LogP contribution >= 0.6 is 0 Å². The lowest BCUT2D eigenvalue weighted by Crippen LogP contribution is -2.36. The zero-order chi connectivity index (χ0) is 19.2. The molecule has 0 atom stereocenters. The molecule has 0 N–H and O–H groups in total. The Kier molecular flexibility index (Phi) is 7.15. The van der Waals surface area contributed by atoms with Crippen molar-refractivity contribution >= 4 is 24.1 Å². The average Bonchev–Trinajstić information content (AvgIpc) is 2.63. The van der Waals surface area contributed by atoms with Crippen LogP contribution < -0.4 is 0 Å². The van der Waals surface area contributed by atoms with Gasteiger partial charge in [0.1, 0.15) is 0 Å². The standard InChI is InChI=1S/C18H26N2O4S2/c1-2-3-5-8-15-11-13-17(14-12-15)26(23,24)18(20-19)25(21,22)16-9-6-4-7-10-16/h4,6-7,9-10,15,17H,2-3,5,8,11-14H2,1H3. The molecule has 0 heterocycles. The summed E-state index contributed by atoms with van der Waals surface area (Å²) in [5, 5.41) is -0.811. The SMILES string of the molecule is CCCCCC1CCC(S(=O)(=O)C(=[N+]=[N-])S(=O)(=O)c2ccccc2)CC1. The molecule has 1 fully saturated rings. The van der Waals surface area contributed by atoms with E-state index in [0.717, 1.165) is 32.1 Å². The third-order valence-corrected chi connectivity index (χ3v) is 9.76. The molecule has 1 aliphatic rings. The van der Waals surface area contributed by atoms with E-state index in [4.69, 9.17) is 0 Å². The Morgan fingerprint density at radius 2 is 1.65 bits per heavy atom. The quantitative estimate of drug-likeness (QED) is 0.240. The highest BCUT2D eigenvalue weighted by molar-refractivity contribution is 8.31. The van der Waals surface area contributed by atoms with E-state index in [0.29, 0.717) is 18.8 Å². The minimum absolute atomic E-state index is 0.190. The van der Waals surface area contributed by atoms with E-state index >= 15 is 0 Å². The Morgan fingerprint density at radius 1 is 1.04 bits per heavy atom. The van der Waals surface area contributed by atoms with Crippen LogP contribution in [-0.4, -0.2) is 31.3 Å². The first-order chi connectivity index (χ1) is 12.3. The molecule has 0 aromatic heterocycles. The third-order valence-electron chi connectivity index (χ3n) is 5.06. The summed E-state index contributed by atoms with van der Waals surface area (Å²) in [6, 6.07) is 7.20. The van der Waals surface area contributed by atoms with Crippen LogP contribution in [0.5, 0.6) is 0 Å². The molecule has 0 spiro atoms. The van der Waals surface area contributed by atoms with Gasteiger partial charge in [0.15, 0.2) is 0 Å². The molecule has 0 radical (unpaired) electrons. The van der Waals surface area contributed by atoms with Gasteiger partial charge in [-0.1, -0.05) is 50.8 Å². The molecule has 2 rings (SSSR count). The average molecular weight is 399 g/mol. The second-order valence-corrected chi connectivity index (χ2v) is 11.1. The van der Waals surface area contributed by atoms with E-state index in [1.807, 2.05) is 0 Å². The van der Waals surface area contributed by atoms with Gasteiger partial charge in [-0.3, -0.25) is 0 Å². The van der Waals surface area contributed by atoms with Crippen molar-refractivity contribution in [2.24, 2.45) is 5.92 Å². The summed E-state index contributed by atoms with van der Waals surface area (Å²) >= 11 is 0. The topological polar surface area (TPSA) is 105 Å². The lowest BCUT2D eigenvalue weighted by Gasteiger charge is -2.27. The molecule has 8 heteroatoms. The first-order valence-corrected chi connectivity index (χ1v) is 12.1. The smallest absolute Gasteiger partial charge is 0.359 e. The lowest BCUT2D eigenvalue weighted by atomic mass is 9.85. The van der Waals surface area contributed by atoms with Gasteiger partial charge >= 0.3 is 4.38 Å². The van der Waals surface area contributed by atoms with Crippen LogP contribution in [0.1, 0.15) is 58.3 Å². The van der Waals surface area contributed by atoms with Crippen LogP contribution in [0.25, 0.3) is 5.53 Å². The fourth-order valence-corrected chi connectivity index (χ4v) is 7.56. The van der Waals surface area contributed by atoms with Gasteiger partial charge in [-0.2, -0.15) is 0 Å². The summed E-state index contributed by atoms with van der Waals surface area (Å²) in [6.45, 7) is 2.15. The molecule has 1 aliphatic carbocycles. The highest BCUT2D eigenvalue weighted by Crippen LogP contribution is 2.33. The van der Waals surface area contributed by atoms with Crippen molar-refractivity contribution in [2.75, 3.05) is 0 Å². The van der Waals surface area contributed by atoms with Gasteiger partial charge in [-0.25, -0.2) is 16.8 Å². The lowest BCUT2D eigenvalue weighted by molar-refractivity contribution is 0.00368. The first-order valence-electron chi connectivity index (χ1n) is 9.10. The normalized spacial score (nSPS) is 21.1. The fraction of sp³-hybridized carbons (Fsp3) is 0.611. The van der Waals surface area contributed by atoms with E-state index in [-0.39, 0.29) is 4.90 Å². The third kappa shape index (κ3) is 4.61. The molecule has 0 saturated heterocycles. The molecular formula is C18H26N2O4S2. The molecule has 0 amide bonds. The molecule has 0 bridgehead atoms. The zero-order valence-corrected chi connectivity index (χ0v) is 16.7. The Bertz CT molecular complexity index is 850. The largest absolute Gasteiger partial charge is 0.499 e. The van der Waals surface area contributed by atoms with Crippen LogP contribution in [0, 0.1) is 5.92 Å². The molecule has 0 aliphatic heterocycles. The van der Waals surface area contributed by atoms with E-state index in [1.54, 1.807) is 6.07 Å².